The van der Waals surface area contributed by atoms with Gasteiger partial charge in [0.05, 0.1) is 6.10 Å². The molecule has 0 aliphatic carbocycles. The molecule has 1 aliphatic rings. The van der Waals surface area contributed by atoms with Gasteiger partial charge in [-0.2, -0.15) is 0 Å². The highest BCUT2D eigenvalue weighted by atomic mass is 19.1. The molecular formula is C16H23F2NO. The summed E-state index contributed by atoms with van der Waals surface area (Å²) in [6, 6.07) is 4.20. The average Bonchev–Trinajstić information content (AvgIpc) is 2.73. The van der Waals surface area contributed by atoms with E-state index in [9.17, 15) is 8.78 Å². The fourth-order valence-electron chi connectivity index (χ4n) is 2.80. The molecule has 0 radical (unpaired) electrons. The number of rotatable bonds is 5. The minimum atomic E-state index is -0.531. The summed E-state index contributed by atoms with van der Waals surface area (Å²) >= 11 is 0. The molecule has 2 unspecified atom stereocenters. The van der Waals surface area contributed by atoms with Crippen LogP contribution in [-0.4, -0.2) is 25.3 Å². The zero-order chi connectivity index (χ0) is 14.8. The van der Waals surface area contributed by atoms with Gasteiger partial charge in [0.25, 0.3) is 0 Å². The topological polar surface area (TPSA) is 21.3 Å². The smallest absolute Gasteiger partial charge is 0.129 e. The number of ether oxygens (including phenoxy) is 1. The first-order valence-corrected chi connectivity index (χ1v) is 7.22. The normalized spacial score (nSPS) is 26.4. The van der Waals surface area contributed by atoms with Crippen LogP contribution in [0, 0.1) is 17.0 Å². The largest absolute Gasteiger partial charge is 0.378 e. The third kappa shape index (κ3) is 3.36. The van der Waals surface area contributed by atoms with Crippen LogP contribution in [0.25, 0.3) is 0 Å². The Morgan fingerprint density at radius 1 is 1.40 bits per heavy atom. The standard InChI is InChI=1S/C16H23F2NO/c1-11(2)19-10-16(6-7-20-12(16)3)9-13-4-5-14(17)8-15(13)18/h4-5,8,11-12,19H,6-7,9-10H2,1-3H3. The van der Waals surface area contributed by atoms with Gasteiger partial charge in [-0.1, -0.05) is 19.9 Å². The van der Waals surface area contributed by atoms with E-state index in [4.69, 9.17) is 4.74 Å². The zero-order valence-corrected chi connectivity index (χ0v) is 12.4. The first kappa shape index (κ1) is 15.4. The van der Waals surface area contributed by atoms with Gasteiger partial charge in [-0.3, -0.25) is 0 Å². The third-order valence-corrected chi connectivity index (χ3v) is 4.25. The van der Waals surface area contributed by atoms with Crippen LogP contribution in [0.1, 0.15) is 32.8 Å². The molecule has 1 N–H and O–H groups in total. The highest BCUT2D eigenvalue weighted by molar-refractivity contribution is 5.21. The zero-order valence-electron chi connectivity index (χ0n) is 12.4. The molecule has 0 saturated carbocycles. The second kappa shape index (κ2) is 6.19. The molecule has 2 nitrogen and oxygen atoms in total. The lowest BCUT2D eigenvalue weighted by atomic mass is 9.76. The van der Waals surface area contributed by atoms with Crippen molar-refractivity contribution < 1.29 is 13.5 Å². The SMILES string of the molecule is CC(C)NCC1(Cc2ccc(F)cc2F)CCOC1C. The molecule has 1 aliphatic heterocycles. The van der Waals surface area contributed by atoms with E-state index in [2.05, 4.69) is 19.2 Å². The van der Waals surface area contributed by atoms with E-state index in [1.807, 2.05) is 6.92 Å². The van der Waals surface area contributed by atoms with E-state index in [1.54, 1.807) is 6.07 Å². The van der Waals surface area contributed by atoms with Gasteiger partial charge in [-0.25, -0.2) is 8.78 Å². The Kier molecular flexibility index (Phi) is 4.76. The van der Waals surface area contributed by atoms with Crippen molar-refractivity contribution in [2.45, 2.75) is 45.8 Å². The maximum absolute atomic E-state index is 13.9. The summed E-state index contributed by atoms with van der Waals surface area (Å²) in [6.45, 7) is 7.70. The summed E-state index contributed by atoms with van der Waals surface area (Å²) < 4.78 is 32.6. The van der Waals surface area contributed by atoms with Crippen LogP contribution >= 0.6 is 0 Å². The number of benzene rings is 1. The fourth-order valence-corrected chi connectivity index (χ4v) is 2.80. The summed E-state index contributed by atoms with van der Waals surface area (Å²) in [7, 11) is 0. The van der Waals surface area contributed by atoms with Crippen molar-refractivity contribution in [3.05, 3.63) is 35.4 Å². The molecule has 20 heavy (non-hydrogen) atoms. The molecule has 1 heterocycles. The van der Waals surface area contributed by atoms with E-state index in [0.717, 1.165) is 19.0 Å². The van der Waals surface area contributed by atoms with Gasteiger partial charge in [0.15, 0.2) is 0 Å². The van der Waals surface area contributed by atoms with Crippen LogP contribution in [0.2, 0.25) is 0 Å². The molecule has 0 aromatic heterocycles. The summed E-state index contributed by atoms with van der Waals surface area (Å²) in [5, 5.41) is 3.43. The Hall–Kier alpha value is -1.00. The lowest BCUT2D eigenvalue weighted by molar-refractivity contribution is 0.0616. The minimum absolute atomic E-state index is 0.0678. The van der Waals surface area contributed by atoms with Crippen molar-refractivity contribution in [3.8, 4) is 0 Å². The average molecular weight is 283 g/mol. The number of halogens is 2. The Labute approximate surface area is 119 Å². The summed E-state index contributed by atoms with van der Waals surface area (Å²) in [5.74, 6) is -0.996. The summed E-state index contributed by atoms with van der Waals surface area (Å²) in [6.07, 6.45) is 1.53. The third-order valence-electron chi connectivity index (χ3n) is 4.25. The molecule has 112 valence electrons. The van der Waals surface area contributed by atoms with Gasteiger partial charge in [0.1, 0.15) is 11.6 Å². The van der Waals surface area contributed by atoms with E-state index >= 15 is 0 Å². The van der Waals surface area contributed by atoms with Gasteiger partial charge in [0.2, 0.25) is 0 Å². The first-order valence-electron chi connectivity index (χ1n) is 7.22. The molecule has 1 aromatic carbocycles. The van der Waals surface area contributed by atoms with Crippen molar-refractivity contribution in [2.24, 2.45) is 5.41 Å². The summed E-state index contributed by atoms with van der Waals surface area (Å²) in [5.41, 5.74) is 0.442. The molecule has 1 fully saturated rings. The van der Waals surface area contributed by atoms with E-state index in [0.29, 0.717) is 24.6 Å². The molecule has 0 amide bonds. The van der Waals surface area contributed by atoms with Crippen molar-refractivity contribution >= 4 is 0 Å². The first-order chi connectivity index (χ1) is 9.43. The van der Waals surface area contributed by atoms with Gasteiger partial charge in [0, 0.05) is 30.7 Å². The monoisotopic (exact) mass is 283 g/mol. The molecule has 2 atom stereocenters. The molecule has 2 rings (SSSR count). The second-order valence-electron chi connectivity index (χ2n) is 6.07. The van der Waals surface area contributed by atoms with Crippen LogP contribution < -0.4 is 5.32 Å². The van der Waals surface area contributed by atoms with Crippen LogP contribution in [-0.2, 0) is 11.2 Å². The van der Waals surface area contributed by atoms with Gasteiger partial charge in [-0.05, 0) is 31.4 Å². The maximum Gasteiger partial charge on any atom is 0.129 e. The predicted molar refractivity (Wildman–Crippen MR) is 75.7 cm³/mol. The number of hydrogen-bond acceptors (Lipinski definition) is 2. The lowest BCUT2D eigenvalue weighted by Crippen LogP contribution is -2.43. The minimum Gasteiger partial charge on any atom is -0.378 e. The van der Waals surface area contributed by atoms with E-state index in [-0.39, 0.29) is 11.5 Å². The Balaban J connectivity index is 2.19. The molecular weight excluding hydrogens is 260 g/mol. The van der Waals surface area contributed by atoms with Crippen LogP contribution in [0.15, 0.2) is 18.2 Å². The van der Waals surface area contributed by atoms with Crippen LogP contribution in [0.5, 0.6) is 0 Å². The van der Waals surface area contributed by atoms with Crippen molar-refractivity contribution in [1.82, 2.24) is 5.32 Å². The molecule has 1 aromatic rings. The lowest BCUT2D eigenvalue weighted by Gasteiger charge is -2.33. The predicted octanol–water partition coefficient (Wildman–Crippen LogP) is 3.30. The quantitative estimate of drug-likeness (QED) is 0.895. The Bertz CT molecular complexity index is 464. The fraction of sp³-hybridized carbons (Fsp3) is 0.625. The van der Waals surface area contributed by atoms with Crippen LogP contribution in [0.4, 0.5) is 8.78 Å². The van der Waals surface area contributed by atoms with Crippen molar-refractivity contribution in [1.29, 1.82) is 0 Å². The van der Waals surface area contributed by atoms with Gasteiger partial charge < -0.3 is 10.1 Å². The van der Waals surface area contributed by atoms with Crippen molar-refractivity contribution in [2.75, 3.05) is 13.2 Å². The van der Waals surface area contributed by atoms with Crippen LogP contribution in [0.3, 0.4) is 0 Å². The molecule has 4 heteroatoms. The second-order valence-corrected chi connectivity index (χ2v) is 6.07. The molecule has 0 spiro atoms. The highest BCUT2D eigenvalue weighted by Gasteiger charge is 2.41. The van der Waals surface area contributed by atoms with E-state index in [1.165, 1.54) is 6.07 Å². The van der Waals surface area contributed by atoms with Gasteiger partial charge in [-0.15, -0.1) is 0 Å². The van der Waals surface area contributed by atoms with Crippen molar-refractivity contribution in [3.63, 3.8) is 0 Å². The van der Waals surface area contributed by atoms with Gasteiger partial charge >= 0.3 is 0 Å². The Morgan fingerprint density at radius 3 is 2.70 bits per heavy atom. The number of hydrogen-bond donors (Lipinski definition) is 1. The highest BCUT2D eigenvalue weighted by Crippen LogP contribution is 2.38. The maximum atomic E-state index is 13.9. The number of nitrogens with one attached hydrogen (secondary N) is 1. The Morgan fingerprint density at radius 2 is 2.15 bits per heavy atom. The molecule has 0 bridgehead atoms. The summed E-state index contributed by atoms with van der Waals surface area (Å²) in [4.78, 5) is 0. The van der Waals surface area contributed by atoms with E-state index < -0.39 is 11.6 Å². The molecule has 1 saturated heterocycles.